The largest absolute Gasteiger partial charge is 0.382 e. The summed E-state index contributed by atoms with van der Waals surface area (Å²) in [5.41, 5.74) is 10.4. The van der Waals surface area contributed by atoms with Gasteiger partial charge in [0.2, 0.25) is 5.91 Å². The zero-order valence-corrected chi connectivity index (χ0v) is 14.8. The predicted octanol–water partition coefficient (Wildman–Crippen LogP) is 4.49. The van der Waals surface area contributed by atoms with E-state index in [0.29, 0.717) is 11.3 Å². The first-order chi connectivity index (χ1) is 13.1. The molecule has 0 aliphatic rings. The number of nitrogen functional groups attached to an aromatic ring is 1. The van der Waals surface area contributed by atoms with Crippen LogP contribution in [0.1, 0.15) is 18.1 Å². The highest BCUT2D eigenvalue weighted by Gasteiger charge is 2.07. The number of fused-ring (bicyclic) bond motifs is 3. The van der Waals surface area contributed by atoms with Crippen LogP contribution < -0.4 is 11.1 Å². The van der Waals surface area contributed by atoms with Gasteiger partial charge in [0.15, 0.2) is 5.82 Å². The van der Waals surface area contributed by atoms with Gasteiger partial charge in [-0.05, 0) is 35.4 Å². The van der Waals surface area contributed by atoms with Crippen molar-refractivity contribution in [1.82, 2.24) is 9.97 Å². The minimum absolute atomic E-state index is 0.0819. The second-order valence-electron chi connectivity index (χ2n) is 6.32. The molecule has 0 saturated heterocycles. The number of aromatic nitrogens is 2. The van der Waals surface area contributed by atoms with Gasteiger partial charge >= 0.3 is 0 Å². The molecule has 0 bridgehead atoms. The van der Waals surface area contributed by atoms with Gasteiger partial charge in [0.1, 0.15) is 5.52 Å². The Kier molecular flexibility index (Phi) is 4.26. The van der Waals surface area contributed by atoms with Crippen molar-refractivity contribution < 1.29 is 4.79 Å². The number of carbonyl (C=O) groups is 1. The van der Waals surface area contributed by atoms with Crippen LogP contribution >= 0.6 is 0 Å². The summed E-state index contributed by atoms with van der Waals surface area (Å²) in [4.78, 5) is 20.0. The number of para-hydroxylation sites is 1. The summed E-state index contributed by atoms with van der Waals surface area (Å²) in [6.07, 6.45) is 5.80. The second-order valence-corrected chi connectivity index (χ2v) is 6.32. The van der Waals surface area contributed by atoms with Crippen molar-refractivity contribution in [3.8, 4) is 0 Å². The normalized spacial score (nSPS) is 11.3. The molecule has 0 fully saturated rings. The maximum atomic E-state index is 11.1. The monoisotopic (exact) mass is 354 g/mol. The van der Waals surface area contributed by atoms with Crippen LogP contribution in [0, 0.1) is 0 Å². The van der Waals surface area contributed by atoms with Crippen LogP contribution in [0.5, 0.6) is 0 Å². The average Bonchev–Trinajstić information content (AvgIpc) is 2.67. The quantitative estimate of drug-likeness (QED) is 0.531. The Labute approximate surface area is 156 Å². The van der Waals surface area contributed by atoms with Crippen molar-refractivity contribution in [1.29, 1.82) is 0 Å². The van der Waals surface area contributed by atoms with Crippen LogP contribution in [0.15, 0.2) is 60.8 Å². The molecule has 1 amide bonds. The van der Waals surface area contributed by atoms with E-state index < -0.39 is 0 Å². The molecule has 0 aliphatic heterocycles. The number of carbonyl (C=O) groups excluding carboxylic acids is 1. The summed E-state index contributed by atoms with van der Waals surface area (Å²) in [5, 5.41) is 4.78. The molecule has 3 N–H and O–H groups in total. The highest BCUT2D eigenvalue weighted by Crippen LogP contribution is 2.27. The Hall–Kier alpha value is -3.73. The maximum absolute atomic E-state index is 11.1. The standard InChI is InChI=1S/C22H18N4O/c1-14(27)25-17-10-8-15(9-11-17)6-7-16-12-19-18-4-2-3-5-20(18)26-22(23)21(19)24-13-16/h2-13H,1H3,(H2,23,26)(H,25,27)/b7-6+. The van der Waals surface area contributed by atoms with Crippen LogP contribution in [-0.4, -0.2) is 15.9 Å². The summed E-state index contributed by atoms with van der Waals surface area (Å²) >= 11 is 0. The summed E-state index contributed by atoms with van der Waals surface area (Å²) in [6.45, 7) is 1.49. The Balaban J connectivity index is 1.69. The lowest BCUT2D eigenvalue weighted by Gasteiger charge is -2.06. The number of nitrogens with zero attached hydrogens (tertiary/aromatic N) is 2. The Morgan fingerprint density at radius 3 is 2.52 bits per heavy atom. The van der Waals surface area contributed by atoms with Crippen LogP contribution in [0.3, 0.4) is 0 Å². The Morgan fingerprint density at radius 2 is 1.74 bits per heavy atom. The van der Waals surface area contributed by atoms with Gasteiger partial charge in [-0.15, -0.1) is 0 Å². The third-order valence-corrected chi connectivity index (χ3v) is 4.29. The Morgan fingerprint density at radius 1 is 1.00 bits per heavy atom. The molecule has 4 aromatic rings. The summed E-state index contributed by atoms with van der Waals surface area (Å²) in [6, 6.07) is 17.6. The van der Waals surface area contributed by atoms with E-state index in [1.807, 2.05) is 60.7 Å². The van der Waals surface area contributed by atoms with E-state index in [0.717, 1.165) is 33.1 Å². The molecule has 2 aromatic carbocycles. The van der Waals surface area contributed by atoms with Crippen LogP contribution in [0.4, 0.5) is 11.5 Å². The minimum atomic E-state index is -0.0819. The zero-order valence-electron chi connectivity index (χ0n) is 14.8. The number of anilines is 2. The predicted molar refractivity (Wildman–Crippen MR) is 111 cm³/mol. The third kappa shape index (κ3) is 3.48. The topological polar surface area (TPSA) is 80.9 Å². The van der Waals surface area contributed by atoms with Crippen molar-refractivity contribution in [3.05, 3.63) is 71.9 Å². The lowest BCUT2D eigenvalue weighted by Crippen LogP contribution is -2.05. The van der Waals surface area contributed by atoms with Gasteiger partial charge in [-0.25, -0.2) is 4.98 Å². The SMILES string of the molecule is CC(=O)Nc1ccc(/C=C/c2cnc3c(N)nc4ccccc4c3c2)cc1. The fraction of sp³-hybridized carbons (Fsp3) is 0.0455. The molecule has 0 aliphatic carbocycles. The van der Waals surface area contributed by atoms with Gasteiger partial charge in [0.25, 0.3) is 0 Å². The molecular weight excluding hydrogens is 336 g/mol. The van der Waals surface area contributed by atoms with Crippen molar-refractivity contribution in [2.24, 2.45) is 0 Å². The molecule has 5 nitrogen and oxygen atoms in total. The molecule has 0 radical (unpaired) electrons. The molecular formula is C22H18N4O. The van der Waals surface area contributed by atoms with Crippen LogP contribution in [0.25, 0.3) is 34.0 Å². The smallest absolute Gasteiger partial charge is 0.221 e. The number of nitrogens with two attached hydrogens (primary N) is 1. The molecule has 0 unspecified atom stereocenters. The molecule has 5 heteroatoms. The second kappa shape index (κ2) is 6.88. The average molecular weight is 354 g/mol. The molecule has 4 rings (SSSR count). The van der Waals surface area contributed by atoms with E-state index in [1.54, 1.807) is 6.20 Å². The van der Waals surface area contributed by atoms with E-state index in [1.165, 1.54) is 6.92 Å². The van der Waals surface area contributed by atoms with Crippen molar-refractivity contribution in [3.63, 3.8) is 0 Å². The number of nitrogens with one attached hydrogen (secondary N) is 1. The number of benzene rings is 2. The van der Waals surface area contributed by atoms with E-state index in [2.05, 4.69) is 21.4 Å². The first-order valence-electron chi connectivity index (χ1n) is 8.60. The third-order valence-electron chi connectivity index (χ3n) is 4.29. The highest BCUT2D eigenvalue weighted by atomic mass is 16.1. The first kappa shape index (κ1) is 16.7. The fourth-order valence-corrected chi connectivity index (χ4v) is 3.04. The summed E-state index contributed by atoms with van der Waals surface area (Å²) in [5.74, 6) is 0.356. The number of hydrogen-bond donors (Lipinski definition) is 2. The van der Waals surface area contributed by atoms with Gasteiger partial charge < -0.3 is 11.1 Å². The van der Waals surface area contributed by atoms with Gasteiger partial charge in [0, 0.05) is 29.6 Å². The van der Waals surface area contributed by atoms with E-state index in [-0.39, 0.29) is 5.91 Å². The van der Waals surface area contributed by atoms with Gasteiger partial charge in [-0.3, -0.25) is 9.78 Å². The van der Waals surface area contributed by atoms with E-state index >= 15 is 0 Å². The van der Waals surface area contributed by atoms with Crippen molar-refractivity contribution >= 4 is 51.4 Å². The molecule has 132 valence electrons. The number of rotatable bonds is 3. The molecule has 0 atom stereocenters. The Bertz CT molecular complexity index is 1180. The number of hydrogen-bond acceptors (Lipinski definition) is 4. The summed E-state index contributed by atoms with van der Waals surface area (Å²) in [7, 11) is 0. The first-order valence-corrected chi connectivity index (χ1v) is 8.60. The van der Waals surface area contributed by atoms with Gasteiger partial charge in [0.05, 0.1) is 5.52 Å². The summed E-state index contributed by atoms with van der Waals surface area (Å²) < 4.78 is 0. The number of pyridine rings is 2. The van der Waals surface area contributed by atoms with E-state index in [9.17, 15) is 4.79 Å². The fourth-order valence-electron chi connectivity index (χ4n) is 3.04. The van der Waals surface area contributed by atoms with Crippen molar-refractivity contribution in [2.45, 2.75) is 6.92 Å². The highest BCUT2D eigenvalue weighted by molar-refractivity contribution is 6.08. The lowest BCUT2D eigenvalue weighted by atomic mass is 10.1. The maximum Gasteiger partial charge on any atom is 0.221 e. The van der Waals surface area contributed by atoms with Crippen molar-refractivity contribution in [2.75, 3.05) is 11.1 Å². The molecule has 2 aromatic heterocycles. The lowest BCUT2D eigenvalue weighted by molar-refractivity contribution is -0.114. The molecule has 0 spiro atoms. The van der Waals surface area contributed by atoms with Gasteiger partial charge in [-0.2, -0.15) is 0 Å². The molecule has 27 heavy (non-hydrogen) atoms. The zero-order chi connectivity index (χ0) is 18.8. The van der Waals surface area contributed by atoms with Gasteiger partial charge in [-0.1, -0.05) is 42.5 Å². The minimum Gasteiger partial charge on any atom is -0.382 e. The molecule has 2 heterocycles. The van der Waals surface area contributed by atoms with Crippen LogP contribution in [0.2, 0.25) is 0 Å². The van der Waals surface area contributed by atoms with Crippen LogP contribution in [-0.2, 0) is 4.79 Å². The van der Waals surface area contributed by atoms with E-state index in [4.69, 9.17) is 5.73 Å². The number of amides is 1. The molecule has 0 saturated carbocycles.